The van der Waals surface area contributed by atoms with Gasteiger partial charge in [0.15, 0.2) is 0 Å². The van der Waals surface area contributed by atoms with Gasteiger partial charge in [0, 0.05) is 6.20 Å². The number of rotatable bonds is 3. The summed E-state index contributed by atoms with van der Waals surface area (Å²) in [5.41, 5.74) is 0.222. The van der Waals surface area contributed by atoms with E-state index in [0.29, 0.717) is 23.5 Å². The molecule has 1 amide bonds. The molecule has 160 valence electrons. The van der Waals surface area contributed by atoms with Gasteiger partial charge in [-0.05, 0) is 60.1 Å². The van der Waals surface area contributed by atoms with Crippen molar-refractivity contribution in [1.29, 1.82) is 5.26 Å². The van der Waals surface area contributed by atoms with Crippen LogP contribution in [-0.4, -0.2) is 21.1 Å². The largest absolute Gasteiger partial charge is 0.310 e. The van der Waals surface area contributed by atoms with Gasteiger partial charge in [0.1, 0.15) is 23.5 Å². The lowest BCUT2D eigenvalue weighted by molar-refractivity contribution is -0.124. The highest BCUT2D eigenvalue weighted by molar-refractivity contribution is 6.00. The molecule has 3 aromatic rings. The number of nitriles is 1. The zero-order valence-corrected chi connectivity index (χ0v) is 17.5. The summed E-state index contributed by atoms with van der Waals surface area (Å²) in [6.07, 6.45) is 2.73. The lowest BCUT2D eigenvalue weighted by Gasteiger charge is -2.36. The summed E-state index contributed by atoms with van der Waals surface area (Å²) < 4.78 is 28.7. The molecule has 2 aliphatic carbocycles. The number of nitrogens with zero attached hydrogens (tertiary/aromatic N) is 4. The second kappa shape index (κ2) is 6.89. The van der Waals surface area contributed by atoms with E-state index in [2.05, 4.69) is 20.5 Å². The van der Waals surface area contributed by atoms with E-state index in [9.17, 15) is 13.6 Å². The first-order valence-corrected chi connectivity index (χ1v) is 10.3. The van der Waals surface area contributed by atoms with Crippen molar-refractivity contribution in [2.24, 2.45) is 5.41 Å². The van der Waals surface area contributed by atoms with E-state index in [0.717, 1.165) is 12.0 Å². The molecular weight excluding hydrogens is 412 g/mol. The number of amides is 1. The SMILES string of the molecule is CC1(C)[C@@H]2CC[C@@]1(C(=O)Nc1ccc(C#N)cn1)c1nnc(-c3c(F)cccc3F)cc12. The van der Waals surface area contributed by atoms with Crippen LogP contribution in [0.5, 0.6) is 0 Å². The summed E-state index contributed by atoms with van der Waals surface area (Å²) in [4.78, 5) is 17.7. The third-order valence-electron chi connectivity index (χ3n) is 7.12. The fourth-order valence-electron chi connectivity index (χ4n) is 5.45. The molecule has 2 aliphatic rings. The Labute approximate surface area is 183 Å². The number of aromatic nitrogens is 3. The minimum absolute atomic E-state index is 0.00117. The summed E-state index contributed by atoms with van der Waals surface area (Å²) in [6.45, 7) is 4.03. The maximum atomic E-state index is 14.3. The Balaban J connectivity index is 1.58. The van der Waals surface area contributed by atoms with E-state index in [1.807, 2.05) is 19.9 Å². The first-order valence-electron chi connectivity index (χ1n) is 10.3. The number of carbonyl (C=O) groups is 1. The summed E-state index contributed by atoms with van der Waals surface area (Å²) in [5, 5.41) is 20.3. The fourth-order valence-corrected chi connectivity index (χ4v) is 5.45. The molecular formula is C24H19F2N5O. The molecule has 6 nitrogen and oxygen atoms in total. The summed E-state index contributed by atoms with van der Waals surface area (Å²) in [6, 6.07) is 10.5. The van der Waals surface area contributed by atoms with Crippen LogP contribution in [0.2, 0.25) is 0 Å². The second-order valence-electron chi connectivity index (χ2n) is 8.85. The van der Waals surface area contributed by atoms with Gasteiger partial charge in [-0.25, -0.2) is 13.8 Å². The molecule has 2 aromatic heterocycles. The summed E-state index contributed by atoms with van der Waals surface area (Å²) in [7, 11) is 0. The Bertz CT molecular complexity index is 1280. The molecule has 1 aromatic carbocycles. The number of carbonyl (C=O) groups excluding carboxylic acids is 1. The quantitative estimate of drug-likeness (QED) is 0.660. The van der Waals surface area contributed by atoms with Crippen LogP contribution in [0, 0.1) is 28.4 Å². The van der Waals surface area contributed by atoms with Crippen LogP contribution in [0.4, 0.5) is 14.6 Å². The molecule has 1 fully saturated rings. The topological polar surface area (TPSA) is 91.6 Å². The Kier molecular flexibility index (Phi) is 4.35. The van der Waals surface area contributed by atoms with Crippen molar-refractivity contribution < 1.29 is 13.6 Å². The predicted molar refractivity (Wildman–Crippen MR) is 112 cm³/mol. The minimum Gasteiger partial charge on any atom is -0.310 e. The van der Waals surface area contributed by atoms with Crippen LogP contribution in [0.3, 0.4) is 0 Å². The standard InChI is InChI=1S/C24H19F2N5O/c1-23(2)15-8-9-24(23,22(32)29-19-7-6-13(11-27)12-28-19)21-14(15)10-18(30-31-21)20-16(25)4-3-5-17(20)26/h3-7,10,12,15H,8-9H2,1-2H3,(H,28,29,32)/t15-,24+/m1/s1. The molecule has 0 spiro atoms. The molecule has 1 saturated carbocycles. The zero-order valence-electron chi connectivity index (χ0n) is 17.5. The first-order chi connectivity index (χ1) is 15.3. The fraction of sp³-hybridized carbons (Fsp3) is 0.292. The lowest BCUT2D eigenvalue weighted by Crippen LogP contribution is -2.47. The zero-order chi connectivity index (χ0) is 22.7. The monoisotopic (exact) mass is 431 g/mol. The molecule has 2 heterocycles. The number of pyridine rings is 1. The second-order valence-corrected chi connectivity index (χ2v) is 8.85. The first kappa shape index (κ1) is 20.2. The van der Waals surface area contributed by atoms with Crippen LogP contribution >= 0.6 is 0 Å². The van der Waals surface area contributed by atoms with Gasteiger partial charge in [0.25, 0.3) is 0 Å². The third kappa shape index (κ3) is 2.60. The molecule has 8 heteroatoms. The summed E-state index contributed by atoms with van der Waals surface area (Å²) >= 11 is 0. The number of benzene rings is 1. The maximum Gasteiger partial charge on any atom is 0.238 e. The Morgan fingerprint density at radius 1 is 1.19 bits per heavy atom. The molecule has 0 unspecified atom stereocenters. The molecule has 0 saturated heterocycles. The molecule has 2 atom stereocenters. The molecule has 1 N–H and O–H groups in total. The van der Waals surface area contributed by atoms with Gasteiger partial charge < -0.3 is 5.32 Å². The molecule has 0 aliphatic heterocycles. The van der Waals surface area contributed by atoms with Gasteiger partial charge in [0.2, 0.25) is 5.91 Å². The van der Waals surface area contributed by atoms with Crippen molar-refractivity contribution in [2.45, 2.75) is 38.0 Å². The maximum absolute atomic E-state index is 14.3. The van der Waals surface area contributed by atoms with Crippen molar-refractivity contribution in [3.63, 3.8) is 0 Å². The number of hydrogen-bond acceptors (Lipinski definition) is 5. The van der Waals surface area contributed by atoms with Crippen molar-refractivity contribution in [2.75, 3.05) is 5.32 Å². The van der Waals surface area contributed by atoms with Crippen LogP contribution in [0.1, 0.15) is 49.4 Å². The highest BCUT2D eigenvalue weighted by Gasteiger charge is 2.67. The van der Waals surface area contributed by atoms with Crippen molar-refractivity contribution in [3.8, 4) is 17.3 Å². The van der Waals surface area contributed by atoms with Gasteiger partial charge in [-0.15, -0.1) is 5.10 Å². The highest BCUT2D eigenvalue weighted by Crippen LogP contribution is 2.67. The van der Waals surface area contributed by atoms with E-state index in [1.165, 1.54) is 24.4 Å². The number of halogens is 2. The molecule has 2 bridgehead atoms. The third-order valence-corrected chi connectivity index (χ3v) is 7.12. The average Bonchev–Trinajstić information content (AvgIpc) is 3.15. The Morgan fingerprint density at radius 2 is 1.94 bits per heavy atom. The Morgan fingerprint density at radius 3 is 2.59 bits per heavy atom. The number of nitrogens with one attached hydrogen (secondary N) is 1. The van der Waals surface area contributed by atoms with E-state index >= 15 is 0 Å². The van der Waals surface area contributed by atoms with Crippen molar-refractivity contribution in [1.82, 2.24) is 15.2 Å². The van der Waals surface area contributed by atoms with E-state index in [1.54, 1.807) is 18.2 Å². The molecule has 5 rings (SSSR count). The van der Waals surface area contributed by atoms with Gasteiger partial charge >= 0.3 is 0 Å². The van der Waals surface area contributed by atoms with E-state index in [4.69, 9.17) is 5.26 Å². The molecule has 32 heavy (non-hydrogen) atoms. The van der Waals surface area contributed by atoms with Gasteiger partial charge in [-0.3, -0.25) is 4.79 Å². The van der Waals surface area contributed by atoms with Gasteiger partial charge in [-0.2, -0.15) is 10.4 Å². The molecule has 0 radical (unpaired) electrons. The Hall–Kier alpha value is -3.73. The van der Waals surface area contributed by atoms with Crippen LogP contribution < -0.4 is 5.32 Å². The van der Waals surface area contributed by atoms with Crippen LogP contribution in [-0.2, 0) is 10.2 Å². The van der Waals surface area contributed by atoms with E-state index in [-0.39, 0.29) is 23.1 Å². The predicted octanol–water partition coefficient (Wildman–Crippen LogP) is 4.48. The average molecular weight is 431 g/mol. The lowest BCUT2D eigenvalue weighted by atomic mass is 9.67. The highest BCUT2D eigenvalue weighted by atomic mass is 19.1. The van der Waals surface area contributed by atoms with Crippen LogP contribution in [0.15, 0.2) is 42.6 Å². The van der Waals surface area contributed by atoms with Crippen molar-refractivity contribution in [3.05, 3.63) is 71.1 Å². The summed E-state index contributed by atoms with van der Waals surface area (Å²) in [5.74, 6) is -1.32. The normalized spacial score (nSPS) is 22.3. The van der Waals surface area contributed by atoms with Crippen molar-refractivity contribution >= 4 is 11.7 Å². The minimum atomic E-state index is -0.943. The van der Waals surface area contributed by atoms with Gasteiger partial charge in [0.05, 0.1) is 27.9 Å². The van der Waals surface area contributed by atoms with Gasteiger partial charge in [-0.1, -0.05) is 19.9 Å². The number of hydrogen-bond donors (Lipinski definition) is 1. The number of fused-ring (bicyclic) bond motifs is 5. The van der Waals surface area contributed by atoms with Crippen LogP contribution in [0.25, 0.3) is 11.3 Å². The van der Waals surface area contributed by atoms with E-state index < -0.39 is 22.5 Å². The smallest absolute Gasteiger partial charge is 0.238 e. The number of anilines is 1.